The fourth-order valence-corrected chi connectivity index (χ4v) is 2.27. The third-order valence-corrected chi connectivity index (χ3v) is 3.41. The van der Waals surface area contributed by atoms with Gasteiger partial charge in [0.2, 0.25) is 0 Å². The molecule has 0 aliphatic rings. The fourth-order valence-electron chi connectivity index (χ4n) is 2.27. The van der Waals surface area contributed by atoms with Gasteiger partial charge in [-0.15, -0.1) is 0 Å². The van der Waals surface area contributed by atoms with Gasteiger partial charge < -0.3 is 10.1 Å². The van der Waals surface area contributed by atoms with E-state index in [0.29, 0.717) is 16.7 Å². The highest BCUT2D eigenvalue weighted by Crippen LogP contribution is 2.30. The monoisotopic (exact) mass is 311 g/mol. The second-order valence-electron chi connectivity index (χ2n) is 4.97. The SMILES string of the molecule is COC(=O)c1cnc2nc(C)ccc2c1Nc1ccccc1F. The Hall–Kier alpha value is -3.02. The molecule has 0 saturated carbocycles. The number of benzene rings is 1. The molecule has 0 radical (unpaired) electrons. The first-order valence-electron chi connectivity index (χ1n) is 6.96. The van der Waals surface area contributed by atoms with Crippen LogP contribution in [0.5, 0.6) is 0 Å². The summed E-state index contributed by atoms with van der Waals surface area (Å²) in [7, 11) is 1.28. The van der Waals surface area contributed by atoms with Gasteiger partial charge in [-0.25, -0.2) is 19.2 Å². The van der Waals surface area contributed by atoms with E-state index in [1.807, 2.05) is 6.92 Å². The van der Waals surface area contributed by atoms with Crippen molar-refractivity contribution in [2.24, 2.45) is 0 Å². The first-order chi connectivity index (χ1) is 11.1. The van der Waals surface area contributed by atoms with Crippen LogP contribution in [-0.4, -0.2) is 23.0 Å². The summed E-state index contributed by atoms with van der Waals surface area (Å²) in [6.45, 7) is 1.85. The summed E-state index contributed by atoms with van der Waals surface area (Å²) in [5.74, 6) is -0.979. The lowest BCUT2D eigenvalue weighted by molar-refractivity contribution is 0.0601. The molecule has 0 fully saturated rings. The average molecular weight is 311 g/mol. The second kappa shape index (κ2) is 6.00. The Kier molecular flexibility index (Phi) is 3.89. The van der Waals surface area contributed by atoms with Gasteiger partial charge in [0.15, 0.2) is 5.65 Å². The summed E-state index contributed by atoms with van der Waals surface area (Å²) in [5, 5.41) is 3.58. The van der Waals surface area contributed by atoms with Crippen LogP contribution in [0.1, 0.15) is 16.1 Å². The third-order valence-electron chi connectivity index (χ3n) is 3.41. The molecule has 0 aliphatic carbocycles. The van der Waals surface area contributed by atoms with E-state index in [0.717, 1.165) is 5.69 Å². The van der Waals surface area contributed by atoms with E-state index in [1.165, 1.54) is 19.4 Å². The Bertz CT molecular complexity index is 896. The summed E-state index contributed by atoms with van der Waals surface area (Å²) < 4.78 is 18.7. The van der Waals surface area contributed by atoms with Crippen LogP contribution < -0.4 is 5.32 Å². The lowest BCUT2D eigenvalue weighted by atomic mass is 10.1. The molecule has 3 rings (SSSR count). The fraction of sp³-hybridized carbons (Fsp3) is 0.118. The number of carbonyl (C=O) groups excluding carboxylic acids is 1. The number of halogens is 1. The van der Waals surface area contributed by atoms with Gasteiger partial charge in [-0.05, 0) is 31.2 Å². The van der Waals surface area contributed by atoms with Crippen LogP contribution in [-0.2, 0) is 4.74 Å². The summed E-state index contributed by atoms with van der Waals surface area (Å²) >= 11 is 0. The van der Waals surface area contributed by atoms with Gasteiger partial charge in [0.05, 0.1) is 18.5 Å². The maximum absolute atomic E-state index is 13.9. The molecule has 1 aromatic carbocycles. The number of hydrogen-bond donors (Lipinski definition) is 1. The van der Waals surface area contributed by atoms with Gasteiger partial charge >= 0.3 is 5.97 Å². The van der Waals surface area contributed by atoms with E-state index in [2.05, 4.69) is 15.3 Å². The van der Waals surface area contributed by atoms with E-state index in [-0.39, 0.29) is 11.3 Å². The number of aromatic nitrogens is 2. The zero-order chi connectivity index (χ0) is 16.4. The van der Waals surface area contributed by atoms with Crippen molar-refractivity contribution in [2.75, 3.05) is 12.4 Å². The average Bonchev–Trinajstić information content (AvgIpc) is 2.56. The normalized spacial score (nSPS) is 10.6. The highest BCUT2D eigenvalue weighted by molar-refractivity contribution is 6.05. The molecule has 0 spiro atoms. The van der Waals surface area contributed by atoms with E-state index in [1.54, 1.807) is 30.3 Å². The molecule has 0 saturated heterocycles. The van der Waals surface area contributed by atoms with Crippen molar-refractivity contribution in [2.45, 2.75) is 6.92 Å². The Balaban J connectivity index is 2.22. The van der Waals surface area contributed by atoms with Gasteiger partial charge in [-0.3, -0.25) is 0 Å². The molecule has 0 unspecified atom stereocenters. The lowest BCUT2D eigenvalue weighted by Gasteiger charge is -2.14. The standard InChI is InChI=1S/C17H14FN3O2/c1-10-7-8-11-15(21-14-6-4-3-5-13(14)18)12(17(22)23-2)9-19-16(11)20-10/h3-9H,1-2H3,(H,19,20,21). The predicted octanol–water partition coefficient (Wildman–Crippen LogP) is 3.61. The van der Waals surface area contributed by atoms with Crippen molar-refractivity contribution >= 4 is 28.4 Å². The number of nitrogens with zero attached hydrogens (tertiary/aromatic N) is 2. The number of aryl methyl sites for hydroxylation is 1. The van der Waals surface area contributed by atoms with Gasteiger partial charge in [-0.1, -0.05) is 12.1 Å². The molecule has 2 heterocycles. The quantitative estimate of drug-likeness (QED) is 0.749. The molecule has 6 heteroatoms. The number of nitrogens with one attached hydrogen (secondary N) is 1. The number of esters is 1. The highest BCUT2D eigenvalue weighted by atomic mass is 19.1. The molecule has 1 N–H and O–H groups in total. The van der Waals surface area contributed by atoms with E-state index in [9.17, 15) is 9.18 Å². The Morgan fingerprint density at radius 1 is 1.22 bits per heavy atom. The molecule has 3 aromatic rings. The minimum atomic E-state index is -0.557. The van der Waals surface area contributed by atoms with Crippen molar-refractivity contribution in [3.63, 3.8) is 0 Å². The first-order valence-corrected chi connectivity index (χ1v) is 6.96. The molecule has 0 amide bonds. The number of anilines is 2. The molecular formula is C17H14FN3O2. The van der Waals surface area contributed by atoms with E-state index >= 15 is 0 Å². The number of hydrogen-bond acceptors (Lipinski definition) is 5. The van der Waals surface area contributed by atoms with Crippen molar-refractivity contribution in [1.82, 2.24) is 9.97 Å². The van der Waals surface area contributed by atoms with Crippen molar-refractivity contribution in [1.29, 1.82) is 0 Å². The Morgan fingerprint density at radius 2 is 2.00 bits per heavy atom. The summed E-state index contributed by atoms with van der Waals surface area (Å²) in [6.07, 6.45) is 1.38. The molecule has 0 bridgehead atoms. The minimum absolute atomic E-state index is 0.217. The highest BCUT2D eigenvalue weighted by Gasteiger charge is 2.17. The van der Waals surface area contributed by atoms with Gasteiger partial charge in [0.25, 0.3) is 0 Å². The van der Waals surface area contributed by atoms with Crippen LogP contribution in [0.15, 0.2) is 42.6 Å². The summed E-state index contributed by atoms with van der Waals surface area (Å²) in [5.41, 5.74) is 2.16. The van der Waals surface area contributed by atoms with Crippen LogP contribution in [0.3, 0.4) is 0 Å². The zero-order valence-electron chi connectivity index (χ0n) is 12.6. The molecule has 0 atom stereocenters. The number of pyridine rings is 2. The molecule has 2 aromatic heterocycles. The van der Waals surface area contributed by atoms with Crippen LogP contribution >= 0.6 is 0 Å². The molecular weight excluding hydrogens is 297 g/mol. The van der Waals surface area contributed by atoms with Crippen LogP contribution in [0.2, 0.25) is 0 Å². The number of ether oxygens (including phenoxy) is 1. The maximum Gasteiger partial charge on any atom is 0.341 e. The molecule has 23 heavy (non-hydrogen) atoms. The number of para-hydroxylation sites is 1. The molecule has 0 aliphatic heterocycles. The van der Waals surface area contributed by atoms with Crippen LogP contribution in [0.25, 0.3) is 11.0 Å². The number of carbonyl (C=O) groups is 1. The van der Waals surface area contributed by atoms with Crippen molar-refractivity contribution in [3.8, 4) is 0 Å². The smallest absolute Gasteiger partial charge is 0.341 e. The number of methoxy groups -OCH3 is 1. The van der Waals surface area contributed by atoms with Gasteiger partial charge in [0, 0.05) is 17.3 Å². The van der Waals surface area contributed by atoms with Gasteiger partial charge in [-0.2, -0.15) is 0 Å². The Morgan fingerprint density at radius 3 is 2.74 bits per heavy atom. The van der Waals surface area contributed by atoms with E-state index < -0.39 is 11.8 Å². The second-order valence-corrected chi connectivity index (χ2v) is 4.97. The first kappa shape index (κ1) is 14.9. The van der Waals surface area contributed by atoms with Crippen molar-refractivity contribution in [3.05, 3.63) is 59.7 Å². The Labute approximate surface area is 132 Å². The van der Waals surface area contributed by atoms with Crippen LogP contribution in [0.4, 0.5) is 15.8 Å². The summed E-state index contributed by atoms with van der Waals surface area (Å²) in [6, 6.07) is 9.82. The molecule has 5 nitrogen and oxygen atoms in total. The number of rotatable bonds is 3. The topological polar surface area (TPSA) is 64.1 Å². The zero-order valence-corrected chi connectivity index (χ0v) is 12.6. The predicted molar refractivity (Wildman–Crippen MR) is 85.3 cm³/mol. The minimum Gasteiger partial charge on any atom is -0.465 e. The third kappa shape index (κ3) is 2.83. The lowest BCUT2D eigenvalue weighted by Crippen LogP contribution is -2.08. The largest absolute Gasteiger partial charge is 0.465 e. The summed E-state index contributed by atoms with van der Waals surface area (Å²) in [4.78, 5) is 20.5. The molecule has 116 valence electrons. The van der Waals surface area contributed by atoms with Gasteiger partial charge in [0.1, 0.15) is 11.4 Å². The van der Waals surface area contributed by atoms with Crippen molar-refractivity contribution < 1.29 is 13.9 Å². The van der Waals surface area contributed by atoms with Crippen LogP contribution in [0, 0.1) is 12.7 Å². The maximum atomic E-state index is 13.9. The van der Waals surface area contributed by atoms with E-state index in [4.69, 9.17) is 4.74 Å². The number of fused-ring (bicyclic) bond motifs is 1.